The number of hydrogen-bond donors (Lipinski definition) is 2. The molecule has 0 amide bonds. The molecular formula is C12H19NO2. The monoisotopic (exact) mass is 209 g/mol. The summed E-state index contributed by atoms with van der Waals surface area (Å²) in [6, 6.07) is 3.73. The second kappa shape index (κ2) is 3.99. The minimum atomic E-state index is -0.0182. The Balaban J connectivity index is 1.70. The highest BCUT2D eigenvalue weighted by Crippen LogP contribution is 2.50. The van der Waals surface area contributed by atoms with Gasteiger partial charge in [-0.15, -0.1) is 0 Å². The highest BCUT2D eigenvalue weighted by atomic mass is 16.4. The van der Waals surface area contributed by atoms with Crippen LogP contribution in [0.2, 0.25) is 0 Å². The fourth-order valence-electron chi connectivity index (χ4n) is 1.90. The van der Waals surface area contributed by atoms with Gasteiger partial charge >= 0.3 is 0 Å². The van der Waals surface area contributed by atoms with Crippen LogP contribution in [0.3, 0.4) is 0 Å². The van der Waals surface area contributed by atoms with E-state index in [2.05, 4.69) is 19.2 Å². The average molecular weight is 209 g/mol. The summed E-state index contributed by atoms with van der Waals surface area (Å²) in [5.41, 5.74) is 0.534. The van der Waals surface area contributed by atoms with E-state index in [-0.39, 0.29) is 6.61 Å². The van der Waals surface area contributed by atoms with Gasteiger partial charge in [0.1, 0.15) is 18.1 Å². The minimum absolute atomic E-state index is 0.0182. The predicted octanol–water partition coefficient (Wildman–Crippen LogP) is 1.91. The molecule has 0 spiro atoms. The molecule has 3 nitrogen and oxygen atoms in total. The van der Waals surface area contributed by atoms with E-state index in [1.165, 1.54) is 6.42 Å². The van der Waals surface area contributed by atoms with Crippen molar-refractivity contribution in [3.63, 3.8) is 0 Å². The van der Waals surface area contributed by atoms with Crippen LogP contribution in [0.4, 0.5) is 0 Å². The zero-order valence-corrected chi connectivity index (χ0v) is 9.42. The van der Waals surface area contributed by atoms with Crippen molar-refractivity contribution in [2.75, 3.05) is 6.54 Å². The number of furan rings is 1. The van der Waals surface area contributed by atoms with Crippen molar-refractivity contribution in [2.24, 2.45) is 11.3 Å². The molecule has 1 unspecified atom stereocenters. The van der Waals surface area contributed by atoms with Gasteiger partial charge in [-0.1, -0.05) is 13.8 Å². The summed E-state index contributed by atoms with van der Waals surface area (Å²) < 4.78 is 5.37. The first-order chi connectivity index (χ1) is 7.12. The second-order valence-corrected chi connectivity index (χ2v) is 5.05. The van der Waals surface area contributed by atoms with Crippen LogP contribution in [0.25, 0.3) is 0 Å². The number of aliphatic hydroxyl groups excluding tert-OH is 1. The summed E-state index contributed by atoms with van der Waals surface area (Å²) in [5.74, 6) is 2.35. The fourth-order valence-corrected chi connectivity index (χ4v) is 1.90. The summed E-state index contributed by atoms with van der Waals surface area (Å²) in [6.45, 7) is 6.40. The van der Waals surface area contributed by atoms with Crippen molar-refractivity contribution >= 4 is 0 Å². The third kappa shape index (κ3) is 2.61. The van der Waals surface area contributed by atoms with Gasteiger partial charge in [0.15, 0.2) is 0 Å². The van der Waals surface area contributed by atoms with Gasteiger partial charge in [0.05, 0.1) is 6.54 Å². The van der Waals surface area contributed by atoms with Crippen LogP contribution < -0.4 is 5.32 Å². The first-order valence-electron chi connectivity index (χ1n) is 5.51. The van der Waals surface area contributed by atoms with E-state index in [1.54, 1.807) is 0 Å². The standard InChI is InChI=1S/C12H19NO2/c1-12(2)5-9(12)6-13-7-10-3-4-11(8-14)15-10/h3-4,9,13-14H,5-8H2,1-2H3. The zero-order valence-electron chi connectivity index (χ0n) is 9.42. The Morgan fingerprint density at radius 2 is 2.13 bits per heavy atom. The molecule has 0 bridgehead atoms. The molecule has 2 N–H and O–H groups in total. The molecule has 1 aromatic heterocycles. The van der Waals surface area contributed by atoms with Gasteiger partial charge in [-0.2, -0.15) is 0 Å². The Morgan fingerprint density at radius 3 is 2.67 bits per heavy atom. The predicted molar refractivity (Wildman–Crippen MR) is 58.2 cm³/mol. The van der Waals surface area contributed by atoms with Crippen LogP contribution in [-0.2, 0) is 13.2 Å². The smallest absolute Gasteiger partial charge is 0.129 e. The van der Waals surface area contributed by atoms with Crippen molar-refractivity contribution in [2.45, 2.75) is 33.4 Å². The van der Waals surface area contributed by atoms with E-state index >= 15 is 0 Å². The Kier molecular flexibility index (Phi) is 2.85. The van der Waals surface area contributed by atoms with Gasteiger partial charge in [-0.25, -0.2) is 0 Å². The van der Waals surface area contributed by atoms with Gasteiger partial charge in [-0.05, 0) is 36.4 Å². The highest BCUT2D eigenvalue weighted by Gasteiger charge is 2.44. The maximum Gasteiger partial charge on any atom is 0.129 e. The lowest BCUT2D eigenvalue weighted by Gasteiger charge is -2.04. The summed E-state index contributed by atoms with van der Waals surface area (Å²) >= 11 is 0. The molecule has 2 rings (SSSR count). The topological polar surface area (TPSA) is 45.4 Å². The number of aliphatic hydroxyl groups is 1. The molecular weight excluding hydrogens is 190 g/mol. The van der Waals surface area contributed by atoms with E-state index in [0.717, 1.165) is 24.8 Å². The third-order valence-electron chi connectivity index (χ3n) is 3.28. The molecule has 0 saturated heterocycles. The molecule has 1 heterocycles. The van der Waals surface area contributed by atoms with Crippen molar-refractivity contribution in [3.8, 4) is 0 Å². The van der Waals surface area contributed by atoms with E-state index in [9.17, 15) is 0 Å². The van der Waals surface area contributed by atoms with Gasteiger partial charge in [0, 0.05) is 0 Å². The largest absolute Gasteiger partial charge is 0.462 e. The Hall–Kier alpha value is -0.800. The van der Waals surface area contributed by atoms with Crippen LogP contribution in [0.15, 0.2) is 16.5 Å². The lowest BCUT2D eigenvalue weighted by Crippen LogP contribution is -2.17. The molecule has 1 fully saturated rings. The van der Waals surface area contributed by atoms with Crippen molar-refractivity contribution < 1.29 is 9.52 Å². The summed E-state index contributed by atoms with van der Waals surface area (Å²) in [5, 5.41) is 12.2. The van der Waals surface area contributed by atoms with E-state index in [1.807, 2.05) is 12.1 Å². The summed E-state index contributed by atoms with van der Waals surface area (Å²) in [4.78, 5) is 0. The molecule has 3 heteroatoms. The lowest BCUT2D eigenvalue weighted by atomic mass is 10.1. The highest BCUT2D eigenvalue weighted by molar-refractivity contribution is 5.06. The zero-order chi connectivity index (χ0) is 10.9. The number of rotatable bonds is 5. The third-order valence-corrected chi connectivity index (χ3v) is 3.28. The molecule has 1 aliphatic carbocycles. The van der Waals surface area contributed by atoms with Crippen LogP contribution >= 0.6 is 0 Å². The van der Waals surface area contributed by atoms with Crippen molar-refractivity contribution in [3.05, 3.63) is 23.7 Å². The molecule has 0 aliphatic heterocycles. The second-order valence-electron chi connectivity index (χ2n) is 5.05. The van der Waals surface area contributed by atoms with E-state index in [4.69, 9.17) is 9.52 Å². The molecule has 15 heavy (non-hydrogen) atoms. The Labute approximate surface area is 90.5 Å². The first kappa shape index (κ1) is 10.7. The summed E-state index contributed by atoms with van der Waals surface area (Å²) in [6.07, 6.45) is 1.32. The average Bonchev–Trinajstić information content (AvgIpc) is 2.65. The quantitative estimate of drug-likeness (QED) is 0.778. The molecule has 1 atom stereocenters. The number of nitrogens with one attached hydrogen (secondary N) is 1. The van der Waals surface area contributed by atoms with Crippen LogP contribution in [0, 0.1) is 11.3 Å². The molecule has 1 aromatic rings. The fraction of sp³-hybridized carbons (Fsp3) is 0.667. The van der Waals surface area contributed by atoms with E-state index < -0.39 is 0 Å². The van der Waals surface area contributed by atoms with Gasteiger partial charge in [-0.3, -0.25) is 0 Å². The molecule has 0 radical (unpaired) electrons. The SMILES string of the molecule is CC1(C)CC1CNCc1ccc(CO)o1. The molecule has 1 saturated carbocycles. The number of hydrogen-bond acceptors (Lipinski definition) is 3. The van der Waals surface area contributed by atoms with Crippen molar-refractivity contribution in [1.82, 2.24) is 5.32 Å². The minimum Gasteiger partial charge on any atom is -0.462 e. The Bertz CT molecular complexity index is 330. The van der Waals surface area contributed by atoms with Crippen LogP contribution in [0.5, 0.6) is 0 Å². The molecule has 0 aromatic carbocycles. The van der Waals surface area contributed by atoms with Crippen LogP contribution in [0.1, 0.15) is 31.8 Å². The molecule has 1 aliphatic rings. The van der Waals surface area contributed by atoms with Gasteiger partial charge in [0.2, 0.25) is 0 Å². The summed E-state index contributed by atoms with van der Waals surface area (Å²) in [7, 11) is 0. The van der Waals surface area contributed by atoms with E-state index in [0.29, 0.717) is 11.2 Å². The normalized spacial score (nSPS) is 23.0. The van der Waals surface area contributed by atoms with Gasteiger partial charge < -0.3 is 14.8 Å². The van der Waals surface area contributed by atoms with Gasteiger partial charge in [0.25, 0.3) is 0 Å². The van der Waals surface area contributed by atoms with Crippen LogP contribution in [-0.4, -0.2) is 11.7 Å². The maximum atomic E-state index is 8.83. The first-order valence-corrected chi connectivity index (χ1v) is 5.51. The maximum absolute atomic E-state index is 8.83. The Morgan fingerprint density at radius 1 is 1.47 bits per heavy atom. The molecule has 84 valence electrons. The van der Waals surface area contributed by atoms with Crippen molar-refractivity contribution in [1.29, 1.82) is 0 Å². The lowest BCUT2D eigenvalue weighted by molar-refractivity contribution is 0.242.